The molecule has 5 rings (SSSR count). The number of nitro groups is 1. The average Bonchev–Trinajstić information content (AvgIpc) is 3.30. The summed E-state index contributed by atoms with van der Waals surface area (Å²) < 4.78 is 10.7. The maximum Gasteiger partial charge on any atom is 0.325 e. The number of para-hydroxylation sites is 1. The second kappa shape index (κ2) is 7.40. The molecule has 1 saturated heterocycles. The molecule has 3 amide bonds. The van der Waals surface area contributed by atoms with Crippen molar-refractivity contribution >= 4 is 28.5 Å². The van der Waals surface area contributed by atoms with E-state index in [1.54, 1.807) is 0 Å². The molecule has 0 unspecified atom stereocenters. The number of aromatic amines is 1. The number of nitrogens with one attached hydrogen (secondary N) is 2. The molecule has 0 aliphatic carbocycles. The minimum Gasteiger partial charge on any atom is -0.467 e. The fraction of sp³-hybridized carbons (Fsp3) is 0.238. The Bertz CT molecular complexity index is 1220. The standard InChI is InChI=1S/C21H18N4O6/c26-20-18(7-12-8-22-17-4-2-1-3-16(12)17)23-21(27)24(20)9-13-5-15(25(28)29)6-14-10-30-11-31-19(13)14/h1-6,8,18,22H,7,9-11H2,(H,23,27)/t18-/m1/s1. The molecule has 10 heteroatoms. The number of H-pyrrole nitrogens is 1. The van der Waals surface area contributed by atoms with Gasteiger partial charge in [-0.05, 0) is 11.6 Å². The lowest BCUT2D eigenvalue weighted by Crippen LogP contribution is -2.32. The summed E-state index contributed by atoms with van der Waals surface area (Å²) in [5.41, 5.74) is 2.63. The number of amides is 3. The predicted octanol–water partition coefficient (Wildman–Crippen LogP) is 2.61. The number of nitrogens with zero attached hydrogens (tertiary/aromatic N) is 2. The molecule has 1 atom stereocenters. The van der Waals surface area contributed by atoms with Crippen molar-refractivity contribution in [2.24, 2.45) is 0 Å². The van der Waals surface area contributed by atoms with Gasteiger partial charge in [0.2, 0.25) is 0 Å². The summed E-state index contributed by atoms with van der Waals surface area (Å²) in [7, 11) is 0. The first-order valence-electron chi connectivity index (χ1n) is 9.69. The van der Waals surface area contributed by atoms with Gasteiger partial charge in [0.1, 0.15) is 11.8 Å². The summed E-state index contributed by atoms with van der Waals surface area (Å²) in [5.74, 6) is 0.0279. The van der Waals surface area contributed by atoms with Crippen LogP contribution in [0.3, 0.4) is 0 Å². The highest BCUT2D eigenvalue weighted by atomic mass is 16.7. The van der Waals surface area contributed by atoms with Crippen molar-refractivity contribution in [3.63, 3.8) is 0 Å². The summed E-state index contributed by atoms with van der Waals surface area (Å²) in [5, 5.41) is 15.0. The molecule has 1 aromatic heterocycles. The third-order valence-corrected chi connectivity index (χ3v) is 5.52. The van der Waals surface area contributed by atoms with Gasteiger partial charge in [-0.2, -0.15) is 0 Å². The molecule has 0 spiro atoms. The molecule has 0 bridgehead atoms. The number of hydrogen-bond acceptors (Lipinski definition) is 6. The molecule has 2 aromatic carbocycles. The number of ether oxygens (including phenoxy) is 2. The molecule has 158 valence electrons. The lowest BCUT2D eigenvalue weighted by Gasteiger charge is -2.22. The van der Waals surface area contributed by atoms with Crippen molar-refractivity contribution in [1.29, 1.82) is 0 Å². The number of hydrogen-bond donors (Lipinski definition) is 2. The van der Waals surface area contributed by atoms with Crippen LogP contribution < -0.4 is 10.1 Å². The molecule has 31 heavy (non-hydrogen) atoms. The number of non-ortho nitro benzene ring substituents is 1. The number of fused-ring (bicyclic) bond motifs is 2. The van der Waals surface area contributed by atoms with E-state index in [1.807, 2.05) is 30.5 Å². The van der Waals surface area contributed by atoms with Crippen LogP contribution in [0.4, 0.5) is 10.5 Å². The third kappa shape index (κ3) is 3.36. The van der Waals surface area contributed by atoms with Crippen molar-refractivity contribution in [2.75, 3.05) is 6.79 Å². The minimum atomic E-state index is -0.717. The van der Waals surface area contributed by atoms with Gasteiger partial charge in [0.15, 0.2) is 6.79 Å². The SMILES string of the molecule is O=C1N[C@H](Cc2c[nH]c3ccccc23)C(=O)N1Cc1cc([N+](=O)[O-])cc2c1OCOC2. The zero-order valence-corrected chi connectivity index (χ0v) is 16.3. The van der Waals surface area contributed by atoms with Crippen LogP contribution in [-0.2, 0) is 29.1 Å². The van der Waals surface area contributed by atoms with Crippen LogP contribution in [-0.4, -0.2) is 39.6 Å². The van der Waals surface area contributed by atoms with E-state index in [0.29, 0.717) is 23.3 Å². The van der Waals surface area contributed by atoms with E-state index in [0.717, 1.165) is 21.4 Å². The zero-order chi connectivity index (χ0) is 21.5. The van der Waals surface area contributed by atoms with Crippen LogP contribution in [0, 0.1) is 10.1 Å². The smallest absolute Gasteiger partial charge is 0.325 e. The second-order valence-electron chi connectivity index (χ2n) is 7.45. The lowest BCUT2D eigenvalue weighted by atomic mass is 10.0. The molecule has 0 saturated carbocycles. The number of aromatic nitrogens is 1. The number of rotatable bonds is 5. The van der Waals surface area contributed by atoms with Gasteiger partial charge in [-0.3, -0.25) is 19.8 Å². The van der Waals surface area contributed by atoms with Gasteiger partial charge in [0.05, 0.1) is 18.1 Å². The van der Waals surface area contributed by atoms with Crippen LogP contribution in [0.15, 0.2) is 42.6 Å². The first-order valence-corrected chi connectivity index (χ1v) is 9.69. The van der Waals surface area contributed by atoms with E-state index >= 15 is 0 Å². The molecule has 3 aromatic rings. The summed E-state index contributed by atoms with van der Waals surface area (Å²) in [4.78, 5) is 40.6. The van der Waals surface area contributed by atoms with Gasteiger partial charge < -0.3 is 19.8 Å². The first kappa shape index (κ1) is 19.1. The third-order valence-electron chi connectivity index (χ3n) is 5.52. The van der Waals surface area contributed by atoms with Gasteiger partial charge in [-0.25, -0.2) is 4.79 Å². The number of imide groups is 1. The number of urea groups is 1. The topological polar surface area (TPSA) is 127 Å². The summed E-state index contributed by atoms with van der Waals surface area (Å²) in [6.07, 6.45) is 2.17. The maximum absolute atomic E-state index is 13.0. The molecule has 2 aliphatic heterocycles. The van der Waals surface area contributed by atoms with E-state index < -0.39 is 17.0 Å². The van der Waals surface area contributed by atoms with E-state index in [-0.39, 0.29) is 31.5 Å². The Labute approximate surface area is 175 Å². The van der Waals surface area contributed by atoms with Crippen LogP contribution in [0.25, 0.3) is 10.9 Å². The molecular weight excluding hydrogens is 404 g/mol. The van der Waals surface area contributed by atoms with E-state index in [1.165, 1.54) is 12.1 Å². The Morgan fingerprint density at radius 2 is 2.03 bits per heavy atom. The van der Waals surface area contributed by atoms with Crippen molar-refractivity contribution in [3.8, 4) is 5.75 Å². The number of carbonyl (C=O) groups excluding carboxylic acids is 2. The summed E-state index contributed by atoms with van der Waals surface area (Å²) in [6, 6.07) is 9.18. The van der Waals surface area contributed by atoms with Crippen LogP contribution in [0.2, 0.25) is 0 Å². The fourth-order valence-electron chi connectivity index (χ4n) is 4.06. The van der Waals surface area contributed by atoms with Gasteiger partial charge in [-0.1, -0.05) is 18.2 Å². The number of nitro benzene ring substituents is 1. The molecule has 1 fully saturated rings. The number of carbonyl (C=O) groups is 2. The maximum atomic E-state index is 13.0. The molecule has 2 N–H and O–H groups in total. The van der Waals surface area contributed by atoms with Crippen LogP contribution in [0.5, 0.6) is 5.75 Å². The van der Waals surface area contributed by atoms with E-state index in [9.17, 15) is 19.7 Å². The molecule has 0 radical (unpaired) electrons. The Balaban J connectivity index is 1.40. The lowest BCUT2D eigenvalue weighted by molar-refractivity contribution is -0.385. The van der Waals surface area contributed by atoms with Crippen molar-refractivity contribution in [1.82, 2.24) is 15.2 Å². The summed E-state index contributed by atoms with van der Waals surface area (Å²) in [6.45, 7) is 0.0353. The molecule has 3 heterocycles. The Hall–Kier alpha value is -3.92. The highest BCUT2D eigenvalue weighted by molar-refractivity contribution is 6.04. The predicted molar refractivity (Wildman–Crippen MR) is 108 cm³/mol. The zero-order valence-electron chi connectivity index (χ0n) is 16.3. The van der Waals surface area contributed by atoms with Gasteiger partial charge in [0.25, 0.3) is 11.6 Å². The van der Waals surface area contributed by atoms with Crippen molar-refractivity contribution in [3.05, 3.63) is 69.4 Å². The van der Waals surface area contributed by atoms with Crippen LogP contribution in [0.1, 0.15) is 16.7 Å². The molecular formula is C21H18N4O6. The van der Waals surface area contributed by atoms with Gasteiger partial charge in [0, 0.05) is 46.8 Å². The largest absolute Gasteiger partial charge is 0.467 e. The Kier molecular flexibility index (Phi) is 4.55. The molecule has 2 aliphatic rings. The average molecular weight is 422 g/mol. The molecule has 10 nitrogen and oxygen atoms in total. The quantitative estimate of drug-likeness (QED) is 0.370. The highest BCUT2D eigenvalue weighted by Gasteiger charge is 2.39. The summed E-state index contributed by atoms with van der Waals surface area (Å²) >= 11 is 0. The highest BCUT2D eigenvalue weighted by Crippen LogP contribution is 2.34. The second-order valence-corrected chi connectivity index (χ2v) is 7.45. The monoisotopic (exact) mass is 422 g/mol. The fourth-order valence-corrected chi connectivity index (χ4v) is 4.06. The van der Waals surface area contributed by atoms with Crippen molar-refractivity contribution < 1.29 is 24.0 Å². The van der Waals surface area contributed by atoms with Crippen molar-refractivity contribution in [2.45, 2.75) is 25.6 Å². The van der Waals surface area contributed by atoms with E-state index in [2.05, 4.69) is 10.3 Å². The normalized spacial score (nSPS) is 18.1. The first-order chi connectivity index (χ1) is 15.0. The Morgan fingerprint density at radius 3 is 2.87 bits per heavy atom. The van der Waals surface area contributed by atoms with E-state index in [4.69, 9.17) is 9.47 Å². The Morgan fingerprint density at radius 1 is 1.19 bits per heavy atom. The number of benzene rings is 2. The van der Waals surface area contributed by atoms with Gasteiger partial charge >= 0.3 is 6.03 Å². The van der Waals surface area contributed by atoms with Gasteiger partial charge in [-0.15, -0.1) is 0 Å². The van der Waals surface area contributed by atoms with Crippen LogP contribution >= 0.6 is 0 Å². The minimum absolute atomic E-state index is 0.00113.